The zero-order valence-corrected chi connectivity index (χ0v) is 17.0. The number of carbonyl (C=O) groups excluding carboxylic acids is 1. The van der Waals surface area contributed by atoms with Crippen molar-refractivity contribution in [3.05, 3.63) is 65.7 Å². The first-order chi connectivity index (χ1) is 13.7. The molecule has 1 unspecified atom stereocenters. The fraction of sp³-hybridized carbons (Fsp3) is 0.480. The Balaban J connectivity index is 1.40. The number of nitrogens with zero attached hydrogens (tertiary/aromatic N) is 1. The number of rotatable bonds is 5. The van der Waals surface area contributed by atoms with Crippen molar-refractivity contribution in [2.45, 2.75) is 57.4 Å². The summed E-state index contributed by atoms with van der Waals surface area (Å²) in [6.45, 7) is 5.24. The Hall–Kier alpha value is -2.29. The summed E-state index contributed by atoms with van der Waals surface area (Å²) >= 11 is 0. The Bertz CT molecular complexity index is 778. The fourth-order valence-corrected chi connectivity index (χ4v) is 4.98. The van der Waals surface area contributed by atoms with Gasteiger partial charge in [0.2, 0.25) is 5.91 Å². The van der Waals surface area contributed by atoms with E-state index in [1.807, 2.05) is 18.2 Å². The standard InChI is InChI=1S/C25H32N2O/c1-20-8-7-17-27(19-20)23-13-11-21(12-14-23)18-26-24(28)25(15-5-6-16-25)22-9-3-2-4-10-22/h2-4,9-14,20H,5-8,15-19H2,1H3,(H,26,28). The molecule has 28 heavy (non-hydrogen) atoms. The van der Waals surface area contributed by atoms with Crippen LogP contribution in [0.1, 0.15) is 56.6 Å². The lowest BCUT2D eigenvalue weighted by Gasteiger charge is -2.33. The van der Waals surface area contributed by atoms with Crippen LogP contribution in [-0.4, -0.2) is 19.0 Å². The molecule has 2 fully saturated rings. The summed E-state index contributed by atoms with van der Waals surface area (Å²) in [5.41, 5.74) is 3.30. The lowest BCUT2D eigenvalue weighted by atomic mass is 9.78. The highest BCUT2D eigenvalue weighted by molar-refractivity contribution is 5.88. The van der Waals surface area contributed by atoms with Crippen LogP contribution in [0.5, 0.6) is 0 Å². The van der Waals surface area contributed by atoms with E-state index in [9.17, 15) is 4.79 Å². The van der Waals surface area contributed by atoms with E-state index >= 15 is 0 Å². The molecule has 0 bridgehead atoms. The summed E-state index contributed by atoms with van der Waals surface area (Å²) < 4.78 is 0. The minimum Gasteiger partial charge on any atom is -0.371 e. The Labute approximate surface area is 169 Å². The Kier molecular flexibility index (Phi) is 5.70. The van der Waals surface area contributed by atoms with Crippen LogP contribution in [0.3, 0.4) is 0 Å². The molecule has 3 nitrogen and oxygen atoms in total. The Morgan fingerprint density at radius 3 is 2.43 bits per heavy atom. The van der Waals surface area contributed by atoms with Crippen molar-refractivity contribution in [3.63, 3.8) is 0 Å². The van der Waals surface area contributed by atoms with Gasteiger partial charge in [0.25, 0.3) is 0 Å². The van der Waals surface area contributed by atoms with Gasteiger partial charge in [0, 0.05) is 25.3 Å². The number of anilines is 1. The molecular weight excluding hydrogens is 344 g/mol. The molecule has 2 aliphatic rings. The molecule has 0 radical (unpaired) electrons. The van der Waals surface area contributed by atoms with Gasteiger partial charge < -0.3 is 10.2 Å². The van der Waals surface area contributed by atoms with Gasteiger partial charge in [0.15, 0.2) is 0 Å². The second-order valence-electron chi connectivity index (χ2n) is 8.70. The first-order valence-corrected chi connectivity index (χ1v) is 10.9. The lowest BCUT2D eigenvalue weighted by Crippen LogP contribution is -2.42. The van der Waals surface area contributed by atoms with Crippen molar-refractivity contribution in [2.24, 2.45) is 5.92 Å². The van der Waals surface area contributed by atoms with Gasteiger partial charge in [-0.3, -0.25) is 4.79 Å². The van der Waals surface area contributed by atoms with E-state index in [1.54, 1.807) is 0 Å². The minimum absolute atomic E-state index is 0.185. The number of carbonyl (C=O) groups is 1. The van der Waals surface area contributed by atoms with Gasteiger partial charge in [0.05, 0.1) is 5.41 Å². The van der Waals surface area contributed by atoms with Crippen LogP contribution in [-0.2, 0) is 16.8 Å². The molecule has 0 spiro atoms. The van der Waals surface area contributed by atoms with Crippen molar-refractivity contribution in [2.75, 3.05) is 18.0 Å². The summed E-state index contributed by atoms with van der Waals surface area (Å²) in [6.07, 6.45) is 6.78. The highest BCUT2D eigenvalue weighted by atomic mass is 16.2. The molecule has 4 rings (SSSR count). The highest BCUT2D eigenvalue weighted by Gasteiger charge is 2.42. The second-order valence-corrected chi connectivity index (χ2v) is 8.70. The molecule has 1 amide bonds. The lowest BCUT2D eigenvalue weighted by molar-refractivity contribution is -0.126. The quantitative estimate of drug-likeness (QED) is 0.792. The van der Waals surface area contributed by atoms with Gasteiger partial charge in [-0.05, 0) is 54.9 Å². The molecule has 1 N–H and O–H groups in total. The largest absolute Gasteiger partial charge is 0.371 e. The Morgan fingerprint density at radius 1 is 1.04 bits per heavy atom. The van der Waals surface area contributed by atoms with E-state index in [2.05, 4.69) is 53.5 Å². The molecular formula is C25H32N2O. The molecule has 2 aromatic rings. The maximum absolute atomic E-state index is 13.2. The van der Waals surface area contributed by atoms with Gasteiger partial charge >= 0.3 is 0 Å². The predicted octanol–water partition coefficient (Wildman–Crippen LogP) is 5.05. The molecule has 1 saturated heterocycles. The van der Waals surface area contributed by atoms with Crippen molar-refractivity contribution in [1.29, 1.82) is 0 Å². The first-order valence-electron chi connectivity index (χ1n) is 10.9. The van der Waals surface area contributed by atoms with Crippen LogP contribution >= 0.6 is 0 Å². The third kappa shape index (κ3) is 3.94. The minimum atomic E-state index is -0.342. The molecule has 1 saturated carbocycles. The molecule has 1 atom stereocenters. The van der Waals surface area contributed by atoms with E-state index in [4.69, 9.17) is 0 Å². The normalized spacial score (nSPS) is 21.5. The predicted molar refractivity (Wildman–Crippen MR) is 115 cm³/mol. The molecule has 0 aromatic heterocycles. The zero-order chi connectivity index (χ0) is 19.4. The number of hydrogen-bond acceptors (Lipinski definition) is 2. The van der Waals surface area contributed by atoms with Crippen molar-refractivity contribution >= 4 is 11.6 Å². The van der Waals surface area contributed by atoms with Gasteiger partial charge in [-0.25, -0.2) is 0 Å². The van der Waals surface area contributed by atoms with Gasteiger partial charge in [0.1, 0.15) is 0 Å². The van der Waals surface area contributed by atoms with E-state index in [0.29, 0.717) is 6.54 Å². The average molecular weight is 377 g/mol. The topological polar surface area (TPSA) is 32.3 Å². The summed E-state index contributed by atoms with van der Waals surface area (Å²) in [4.78, 5) is 15.7. The molecule has 1 aliphatic carbocycles. The fourth-order valence-electron chi connectivity index (χ4n) is 4.98. The van der Waals surface area contributed by atoms with Crippen LogP contribution in [0.15, 0.2) is 54.6 Å². The maximum atomic E-state index is 13.2. The van der Waals surface area contributed by atoms with Crippen molar-refractivity contribution < 1.29 is 4.79 Å². The van der Waals surface area contributed by atoms with Crippen LogP contribution in [0.2, 0.25) is 0 Å². The van der Waals surface area contributed by atoms with Crippen molar-refractivity contribution in [3.8, 4) is 0 Å². The maximum Gasteiger partial charge on any atom is 0.230 e. The third-order valence-electron chi connectivity index (χ3n) is 6.63. The van der Waals surface area contributed by atoms with Crippen LogP contribution < -0.4 is 10.2 Å². The van der Waals surface area contributed by atoms with E-state index in [0.717, 1.165) is 44.7 Å². The number of piperidine rings is 1. The van der Waals surface area contributed by atoms with Gasteiger partial charge in [-0.1, -0.05) is 62.2 Å². The monoisotopic (exact) mass is 376 g/mol. The smallest absolute Gasteiger partial charge is 0.230 e. The third-order valence-corrected chi connectivity index (χ3v) is 6.63. The molecule has 2 aromatic carbocycles. The van der Waals surface area contributed by atoms with Gasteiger partial charge in [-0.2, -0.15) is 0 Å². The SMILES string of the molecule is CC1CCCN(c2ccc(CNC(=O)C3(c4ccccc4)CCCC3)cc2)C1. The first kappa shape index (κ1) is 19.0. The van der Waals surface area contributed by atoms with Gasteiger partial charge in [-0.15, -0.1) is 0 Å². The average Bonchev–Trinajstić information content (AvgIpc) is 3.24. The highest BCUT2D eigenvalue weighted by Crippen LogP contribution is 2.41. The molecule has 148 valence electrons. The second kappa shape index (κ2) is 8.38. The number of hydrogen-bond donors (Lipinski definition) is 1. The summed E-state index contributed by atoms with van der Waals surface area (Å²) in [5.74, 6) is 0.957. The van der Waals surface area contributed by atoms with Crippen molar-refractivity contribution in [1.82, 2.24) is 5.32 Å². The number of benzene rings is 2. The van der Waals surface area contributed by atoms with Crippen LogP contribution in [0.4, 0.5) is 5.69 Å². The van der Waals surface area contributed by atoms with E-state index in [1.165, 1.54) is 29.7 Å². The zero-order valence-electron chi connectivity index (χ0n) is 17.0. The molecule has 1 heterocycles. The number of nitrogens with one attached hydrogen (secondary N) is 1. The van der Waals surface area contributed by atoms with E-state index in [-0.39, 0.29) is 11.3 Å². The summed E-state index contributed by atoms with van der Waals surface area (Å²) in [5, 5.41) is 3.23. The van der Waals surface area contributed by atoms with Crippen LogP contribution in [0, 0.1) is 5.92 Å². The summed E-state index contributed by atoms with van der Waals surface area (Å²) in [6, 6.07) is 19.1. The van der Waals surface area contributed by atoms with Crippen LogP contribution in [0.25, 0.3) is 0 Å². The molecule has 1 aliphatic heterocycles. The summed E-state index contributed by atoms with van der Waals surface area (Å²) in [7, 11) is 0. The number of amides is 1. The molecule has 3 heteroatoms. The van der Waals surface area contributed by atoms with E-state index < -0.39 is 0 Å². The Morgan fingerprint density at radius 2 is 1.75 bits per heavy atom.